The first-order valence-electron chi connectivity index (χ1n) is 23.2. The van der Waals surface area contributed by atoms with Crippen LogP contribution in [0.3, 0.4) is 0 Å². The average Bonchev–Trinajstić information content (AvgIpc) is 3.84. The number of carboxylic acids is 2. The monoisotopic (exact) mass is 1060 g/mol. The number of nitrogens with zero attached hydrogens (tertiary/aromatic N) is 2. The molecule has 1 heterocycles. The Morgan fingerprint density at radius 1 is 0.644 bits per heavy atom. The number of imidazole rings is 1. The Morgan fingerprint density at radius 3 is 1.71 bits per heavy atom. The Balaban J connectivity index is 3.26. The van der Waals surface area contributed by atoms with Gasteiger partial charge in [0, 0.05) is 43.5 Å². The number of primary amides is 1. The summed E-state index contributed by atoms with van der Waals surface area (Å²) in [5.41, 5.74) is 27.7. The van der Waals surface area contributed by atoms with Crippen LogP contribution in [0, 0.1) is 5.92 Å². The fraction of sp³-hybridized carbons (Fsp3) is 0.643. The molecule has 0 aromatic carbocycles. The maximum Gasteiger partial charge on any atom is 0.326 e. The van der Waals surface area contributed by atoms with E-state index in [-0.39, 0.29) is 50.5 Å². The van der Waals surface area contributed by atoms with Gasteiger partial charge in [0.25, 0.3) is 0 Å². The smallest absolute Gasteiger partial charge is 0.326 e. The topological polar surface area (TPSA) is 516 Å². The molecule has 9 unspecified atom stereocenters. The number of H-pyrrole nitrogens is 1. The number of nitrogens with one attached hydrogen (secondary N) is 9. The molecule has 9 atom stereocenters. The molecule has 0 bridgehead atoms. The maximum atomic E-state index is 13.9. The van der Waals surface area contributed by atoms with E-state index in [0.29, 0.717) is 18.5 Å². The summed E-state index contributed by atoms with van der Waals surface area (Å²) in [7, 11) is 0. The summed E-state index contributed by atoms with van der Waals surface area (Å²) in [6, 6.07) is -13.0. The van der Waals surface area contributed by atoms with E-state index >= 15 is 0 Å². The number of aromatic nitrogens is 2. The van der Waals surface area contributed by atoms with Gasteiger partial charge >= 0.3 is 11.9 Å². The number of unbranched alkanes of at least 4 members (excludes halogenated alkanes) is 1. The average molecular weight is 1060 g/mol. The van der Waals surface area contributed by atoms with Crippen LogP contribution >= 0.6 is 12.6 Å². The van der Waals surface area contributed by atoms with E-state index in [9.17, 15) is 68.1 Å². The third kappa shape index (κ3) is 24.7. The number of aliphatic carboxylic acids is 2. The minimum atomic E-state index is -1.76. The van der Waals surface area contributed by atoms with E-state index in [4.69, 9.17) is 28.7 Å². The van der Waals surface area contributed by atoms with Crippen molar-refractivity contribution in [3.05, 3.63) is 18.2 Å². The number of hydrogen-bond acceptors (Lipinski definition) is 17. The lowest BCUT2D eigenvalue weighted by Crippen LogP contribution is -2.61. The molecule has 0 aliphatic carbocycles. The van der Waals surface area contributed by atoms with Crippen LogP contribution in [0.15, 0.2) is 17.5 Å². The predicted octanol–water partition coefficient (Wildman–Crippen LogP) is -6.85. The minimum Gasteiger partial charge on any atom is -0.481 e. The number of aliphatic imine (C=N–C) groups is 1. The zero-order chi connectivity index (χ0) is 55.4. The van der Waals surface area contributed by atoms with E-state index in [1.54, 1.807) is 13.8 Å². The van der Waals surface area contributed by atoms with Gasteiger partial charge in [0.15, 0.2) is 5.96 Å². The first kappa shape index (κ1) is 63.9. The minimum absolute atomic E-state index is 0.0478. The van der Waals surface area contributed by atoms with Crippen molar-refractivity contribution in [1.29, 1.82) is 0 Å². The summed E-state index contributed by atoms with van der Waals surface area (Å²) in [5.74, 6) is -12.2. The Bertz CT molecular complexity index is 2060. The van der Waals surface area contributed by atoms with Crippen LogP contribution in [-0.4, -0.2) is 176 Å². The molecule has 0 aliphatic heterocycles. The number of hydrogen-bond donors (Lipinski definition) is 18. The highest BCUT2D eigenvalue weighted by Crippen LogP contribution is 2.09. The van der Waals surface area contributed by atoms with Crippen LogP contribution in [-0.2, 0) is 59.2 Å². The molecule has 31 heteroatoms. The molecule has 22 N–H and O–H groups in total. The number of carboxylic acid groups (broad SMARTS) is 2. The Hall–Kier alpha value is -7.12. The molecular weight excluding hydrogens is 985 g/mol. The molecule has 1 aromatic rings. The Morgan fingerprint density at radius 2 is 1.18 bits per heavy atom. The van der Waals surface area contributed by atoms with E-state index in [1.807, 2.05) is 0 Å². The van der Waals surface area contributed by atoms with Gasteiger partial charge in [-0.3, -0.25) is 52.9 Å². The summed E-state index contributed by atoms with van der Waals surface area (Å²) in [6.07, 6.45) is 1.48. The maximum absolute atomic E-state index is 13.9. The Labute approximate surface area is 425 Å². The second kappa shape index (κ2) is 33.5. The zero-order valence-corrected chi connectivity index (χ0v) is 41.8. The number of guanidine groups is 1. The molecule has 0 saturated heterocycles. The largest absolute Gasteiger partial charge is 0.481 e. The van der Waals surface area contributed by atoms with Gasteiger partial charge in [-0.1, -0.05) is 13.8 Å². The van der Waals surface area contributed by atoms with Gasteiger partial charge in [-0.2, -0.15) is 12.6 Å². The number of aromatic amines is 1. The zero-order valence-electron chi connectivity index (χ0n) is 40.9. The summed E-state index contributed by atoms with van der Waals surface area (Å²) in [4.78, 5) is 153. The van der Waals surface area contributed by atoms with Crippen LogP contribution in [0.4, 0.5) is 0 Å². The molecule has 1 rings (SSSR count). The number of aliphatic hydroxyl groups is 1. The number of thiol groups is 1. The van der Waals surface area contributed by atoms with Crippen molar-refractivity contribution in [3.8, 4) is 0 Å². The van der Waals surface area contributed by atoms with Crippen molar-refractivity contribution in [2.45, 2.75) is 139 Å². The second-order valence-electron chi connectivity index (χ2n) is 17.1. The number of amides is 9. The highest BCUT2D eigenvalue weighted by molar-refractivity contribution is 7.80. The van der Waals surface area contributed by atoms with Crippen molar-refractivity contribution in [1.82, 2.24) is 52.5 Å². The number of carbonyl (C=O) groups is 11. The summed E-state index contributed by atoms with van der Waals surface area (Å²) in [6.45, 7) is 3.87. The fourth-order valence-corrected chi connectivity index (χ4v) is 6.79. The molecular formula is C42H72N16O14S. The molecule has 410 valence electrons. The van der Waals surface area contributed by atoms with Crippen LogP contribution in [0.5, 0.6) is 0 Å². The highest BCUT2D eigenvalue weighted by atomic mass is 32.1. The van der Waals surface area contributed by atoms with Gasteiger partial charge in [-0.25, -0.2) is 9.78 Å². The third-order valence-corrected chi connectivity index (χ3v) is 11.1. The third-order valence-electron chi connectivity index (χ3n) is 10.7. The summed E-state index contributed by atoms with van der Waals surface area (Å²) < 4.78 is 0. The molecule has 30 nitrogen and oxygen atoms in total. The van der Waals surface area contributed by atoms with Crippen LogP contribution in [0.1, 0.15) is 84.3 Å². The molecule has 0 fully saturated rings. The SMILES string of the molecule is CC(NC(=O)C(CCC(=O)O)NC(=O)C(CCCCN)NC(=O)C(CS)NC(=O)C(NC(=O)C(N)CCCN=C(N)N)C(C)C)C(=O)NC(Cc1cnc[nH]1)C(=O)NC(CO)C(=O)NC(CCC(N)=O)C(=O)O. The highest BCUT2D eigenvalue weighted by Gasteiger charge is 2.35. The summed E-state index contributed by atoms with van der Waals surface area (Å²) in [5, 5.41) is 48.0. The lowest BCUT2D eigenvalue weighted by atomic mass is 10.0. The van der Waals surface area contributed by atoms with Gasteiger partial charge in [-0.05, 0) is 64.3 Å². The van der Waals surface area contributed by atoms with E-state index < -0.39 is 158 Å². The number of carbonyl (C=O) groups excluding carboxylic acids is 9. The van der Waals surface area contributed by atoms with E-state index in [2.05, 4.69) is 70.1 Å². The number of aliphatic hydroxyl groups excluding tert-OH is 1. The normalized spacial score (nSPS) is 14.7. The lowest BCUT2D eigenvalue weighted by Gasteiger charge is -2.28. The van der Waals surface area contributed by atoms with Crippen molar-refractivity contribution in [3.63, 3.8) is 0 Å². The first-order chi connectivity index (χ1) is 34.3. The number of rotatable bonds is 36. The molecule has 1 aromatic heterocycles. The van der Waals surface area contributed by atoms with Crippen LogP contribution in [0.25, 0.3) is 0 Å². The first-order valence-corrected chi connectivity index (χ1v) is 23.8. The van der Waals surface area contributed by atoms with Gasteiger partial charge in [0.05, 0.1) is 19.0 Å². The molecule has 9 amide bonds. The molecule has 0 radical (unpaired) electrons. The van der Waals surface area contributed by atoms with Crippen molar-refractivity contribution in [2.75, 3.05) is 25.4 Å². The van der Waals surface area contributed by atoms with E-state index in [0.717, 1.165) is 0 Å². The lowest BCUT2D eigenvalue weighted by molar-refractivity contribution is -0.143. The molecule has 0 spiro atoms. The van der Waals surface area contributed by atoms with Gasteiger partial charge in [-0.15, -0.1) is 0 Å². The van der Waals surface area contributed by atoms with Gasteiger partial charge < -0.3 is 91.5 Å². The fourth-order valence-electron chi connectivity index (χ4n) is 6.53. The van der Waals surface area contributed by atoms with Crippen molar-refractivity contribution < 1.29 is 68.1 Å². The Kier molecular flexibility index (Phi) is 29.3. The van der Waals surface area contributed by atoms with Gasteiger partial charge in [0.1, 0.15) is 48.3 Å². The second-order valence-corrected chi connectivity index (χ2v) is 17.5. The van der Waals surface area contributed by atoms with Crippen molar-refractivity contribution >= 4 is 83.7 Å². The van der Waals surface area contributed by atoms with Crippen LogP contribution < -0.4 is 71.2 Å². The number of nitrogens with two attached hydrogens (primary N) is 5. The van der Waals surface area contributed by atoms with Gasteiger partial charge in [0.2, 0.25) is 53.2 Å². The molecule has 73 heavy (non-hydrogen) atoms. The molecule has 0 saturated carbocycles. The summed E-state index contributed by atoms with van der Waals surface area (Å²) >= 11 is 4.21. The predicted molar refractivity (Wildman–Crippen MR) is 263 cm³/mol. The standard InChI is InChI=1S/C42H72N16O14S/c1-20(2)32(58-34(64)23(44)7-6-14-49-42(46)47)40(70)57-29(18-73)39(69)52-24(8-4-5-13-43)36(66)53-25(10-12-31(61)62)35(65)51-21(3)33(63)55-27(15-22-16-48-19-50-22)37(67)56-28(17-59)38(68)54-26(41(71)72)9-11-30(45)60/h16,19-21,23-29,32,59,73H,4-15,17-18,43-44H2,1-3H3,(H2,45,60)(H,48,50)(H,51,65)(H,52,69)(H,53,66)(H,54,68)(H,55,63)(H,56,67)(H,57,70)(H,58,64)(H,61,62)(H,71,72)(H4,46,47,49). The molecule has 0 aliphatic rings. The van der Waals surface area contributed by atoms with Crippen molar-refractivity contribution in [2.24, 2.45) is 39.6 Å². The quantitative estimate of drug-likeness (QED) is 0.0129. The van der Waals surface area contributed by atoms with E-state index in [1.165, 1.54) is 19.4 Å². The van der Waals surface area contributed by atoms with Crippen LogP contribution in [0.2, 0.25) is 0 Å².